The van der Waals surface area contributed by atoms with Gasteiger partial charge in [0.1, 0.15) is 5.69 Å². The lowest BCUT2D eigenvalue weighted by molar-refractivity contribution is -0.137. The Balaban J connectivity index is 1.56. The number of anilines is 2. The number of aromatic nitrogens is 3. The summed E-state index contributed by atoms with van der Waals surface area (Å²) in [6.07, 6.45) is -0.406. The molecule has 0 atom stereocenters. The highest BCUT2D eigenvalue weighted by molar-refractivity contribution is 7.14. The molecule has 7 nitrogen and oxygen atoms in total. The summed E-state index contributed by atoms with van der Waals surface area (Å²) in [5.41, 5.74) is -0.0268. The van der Waals surface area contributed by atoms with Crippen LogP contribution < -0.4 is 10.6 Å². The van der Waals surface area contributed by atoms with E-state index in [1.807, 2.05) is 0 Å². The molecule has 0 aliphatic rings. The van der Waals surface area contributed by atoms with E-state index in [9.17, 15) is 22.8 Å². The van der Waals surface area contributed by atoms with E-state index >= 15 is 0 Å². The van der Waals surface area contributed by atoms with Crippen LogP contribution in [0.4, 0.5) is 24.0 Å². The number of nitrogens with zero attached hydrogens (tertiary/aromatic N) is 3. The van der Waals surface area contributed by atoms with Crippen molar-refractivity contribution in [2.75, 3.05) is 10.6 Å². The highest BCUT2D eigenvalue weighted by Crippen LogP contribution is 2.29. The molecule has 2 aromatic heterocycles. The lowest BCUT2D eigenvalue weighted by Gasteiger charge is -2.08. The van der Waals surface area contributed by atoms with E-state index in [4.69, 9.17) is 0 Å². The fourth-order valence-electron chi connectivity index (χ4n) is 2.14. The van der Waals surface area contributed by atoms with Crippen LogP contribution in [-0.4, -0.2) is 26.8 Å². The smallest absolute Gasteiger partial charge is 0.326 e. The van der Waals surface area contributed by atoms with Gasteiger partial charge in [0.2, 0.25) is 5.91 Å². The number of benzene rings is 1. The minimum Gasteiger partial charge on any atom is -0.326 e. The Bertz CT molecular complexity index is 974. The van der Waals surface area contributed by atoms with Crippen LogP contribution in [0.5, 0.6) is 0 Å². The third-order valence-electron chi connectivity index (χ3n) is 3.41. The molecule has 0 bridgehead atoms. The van der Waals surface area contributed by atoms with Crippen molar-refractivity contribution in [2.24, 2.45) is 0 Å². The second-order valence-corrected chi connectivity index (χ2v) is 6.35. The fourth-order valence-corrected chi connectivity index (χ4v) is 2.84. The summed E-state index contributed by atoms with van der Waals surface area (Å²) in [5, 5.41) is 6.93. The molecule has 0 fully saturated rings. The predicted octanol–water partition coefficient (Wildman–Crippen LogP) is 3.39. The molecule has 2 N–H and O–H groups in total. The van der Waals surface area contributed by atoms with Crippen LogP contribution in [0, 0.1) is 0 Å². The number of alkyl halides is 3. The number of carbonyl (C=O) groups excluding carboxylic acids is 2. The second-order valence-electron chi connectivity index (χ2n) is 5.49. The molecule has 0 radical (unpaired) electrons. The maximum Gasteiger partial charge on any atom is 0.416 e. The Morgan fingerprint density at radius 1 is 1.07 bits per heavy atom. The van der Waals surface area contributed by atoms with Gasteiger partial charge in [-0.2, -0.15) is 13.2 Å². The molecule has 0 unspecified atom stereocenters. The average Bonchev–Trinajstić information content (AvgIpc) is 3.08. The summed E-state index contributed by atoms with van der Waals surface area (Å²) in [6, 6.07) is 4.12. The lowest BCUT2D eigenvalue weighted by Crippen LogP contribution is -2.16. The zero-order valence-corrected chi connectivity index (χ0v) is 14.8. The molecule has 0 aliphatic heterocycles. The highest BCUT2D eigenvalue weighted by Gasteiger charge is 2.30. The normalized spacial score (nSPS) is 11.1. The van der Waals surface area contributed by atoms with Gasteiger partial charge in [0.25, 0.3) is 5.91 Å². The number of halogens is 3. The van der Waals surface area contributed by atoms with Crippen molar-refractivity contribution in [3.8, 4) is 0 Å². The SMILES string of the molecule is O=C(Cc1csc(NC(=O)c2cnccn2)n1)Nc1ccc(C(F)(F)F)cc1. The molecular formula is C17H12F3N5O2S. The molecule has 3 aromatic rings. The first-order valence-electron chi connectivity index (χ1n) is 7.80. The van der Waals surface area contributed by atoms with Crippen LogP contribution in [0.15, 0.2) is 48.2 Å². The fraction of sp³-hybridized carbons (Fsp3) is 0.118. The van der Waals surface area contributed by atoms with Gasteiger partial charge in [0, 0.05) is 23.5 Å². The lowest BCUT2D eigenvalue weighted by atomic mass is 10.2. The minimum atomic E-state index is -4.44. The summed E-state index contributed by atoms with van der Waals surface area (Å²) < 4.78 is 37.6. The molecule has 0 saturated heterocycles. The van der Waals surface area contributed by atoms with Crippen LogP contribution >= 0.6 is 11.3 Å². The number of amides is 2. The Hall–Kier alpha value is -3.34. The molecule has 28 heavy (non-hydrogen) atoms. The topological polar surface area (TPSA) is 96.9 Å². The molecule has 0 spiro atoms. The number of carbonyl (C=O) groups is 2. The van der Waals surface area contributed by atoms with E-state index in [1.165, 1.54) is 30.7 Å². The summed E-state index contributed by atoms with van der Waals surface area (Å²) >= 11 is 1.13. The molecule has 144 valence electrons. The van der Waals surface area contributed by atoms with Crippen LogP contribution in [0.25, 0.3) is 0 Å². The zero-order chi connectivity index (χ0) is 20.1. The average molecular weight is 407 g/mol. The summed E-state index contributed by atoms with van der Waals surface area (Å²) in [7, 11) is 0. The quantitative estimate of drug-likeness (QED) is 0.676. The zero-order valence-electron chi connectivity index (χ0n) is 14.0. The van der Waals surface area contributed by atoms with Gasteiger partial charge in [-0.05, 0) is 24.3 Å². The van der Waals surface area contributed by atoms with Gasteiger partial charge in [0.05, 0.1) is 23.9 Å². The van der Waals surface area contributed by atoms with Crippen molar-refractivity contribution in [3.05, 3.63) is 65.2 Å². The van der Waals surface area contributed by atoms with Crippen molar-refractivity contribution >= 4 is 34.0 Å². The molecule has 0 saturated carbocycles. The largest absolute Gasteiger partial charge is 0.416 e. The molecule has 3 rings (SSSR count). The summed E-state index contributed by atoms with van der Waals surface area (Å²) in [4.78, 5) is 35.8. The maximum absolute atomic E-state index is 12.5. The first-order valence-corrected chi connectivity index (χ1v) is 8.68. The van der Waals surface area contributed by atoms with E-state index in [0.717, 1.165) is 23.5 Å². The molecule has 0 aliphatic carbocycles. The minimum absolute atomic E-state index is 0.0987. The van der Waals surface area contributed by atoms with E-state index in [-0.39, 0.29) is 22.9 Å². The van der Waals surface area contributed by atoms with Crippen LogP contribution in [-0.2, 0) is 17.4 Å². The first kappa shape index (κ1) is 19.4. The molecular weight excluding hydrogens is 395 g/mol. The summed E-state index contributed by atoms with van der Waals surface area (Å²) in [6.45, 7) is 0. The number of hydrogen-bond acceptors (Lipinski definition) is 6. The number of thiazole rings is 1. The standard InChI is InChI=1S/C17H12F3N5O2S/c18-17(19,20)10-1-3-11(4-2-10)23-14(26)7-12-9-28-16(24-12)25-15(27)13-8-21-5-6-22-13/h1-6,8-9H,7H2,(H,23,26)(H,24,25,27). The van der Waals surface area contributed by atoms with Crippen LogP contribution in [0.2, 0.25) is 0 Å². The predicted molar refractivity (Wildman–Crippen MR) is 95.9 cm³/mol. The highest BCUT2D eigenvalue weighted by atomic mass is 32.1. The Morgan fingerprint density at radius 2 is 1.82 bits per heavy atom. The molecule has 11 heteroatoms. The molecule has 1 aromatic carbocycles. The molecule has 2 amide bonds. The van der Waals surface area contributed by atoms with Crippen molar-refractivity contribution in [2.45, 2.75) is 12.6 Å². The first-order chi connectivity index (χ1) is 13.3. The second kappa shape index (κ2) is 8.13. The van der Waals surface area contributed by atoms with E-state index in [1.54, 1.807) is 5.38 Å². The number of hydrogen-bond donors (Lipinski definition) is 2. The van der Waals surface area contributed by atoms with E-state index < -0.39 is 23.6 Å². The number of nitrogens with one attached hydrogen (secondary N) is 2. The third-order valence-corrected chi connectivity index (χ3v) is 4.21. The number of rotatable bonds is 5. The molecule has 2 heterocycles. The van der Waals surface area contributed by atoms with Gasteiger partial charge in [-0.1, -0.05) is 0 Å². The Kier molecular flexibility index (Phi) is 5.64. The summed E-state index contributed by atoms with van der Waals surface area (Å²) in [5.74, 6) is -0.930. The van der Waals surface area contributed by atoms with E-state index in [0.29, 0.717) is 5.69 Å². The monoisotopic (exact) mass is 407 g/mol. The Labute approximate surface area is 160 Å². The van der Waals surface area contributed by atoms with Crippen molar-refractivity contribution in [1.82, 2.24) is 15.0 Å². The van der Waals surface area contributed by atoms with Gasteiger partial charge in [-0.15, -0.1) is 11.3 Å². The van der Waals surface area contributed by atoms with Gasteiger partial charge >= 0.3 is 6.18 Å². The van der Waals surface area contributed by atoms with Crippen LogP contribution in [0.1, 0.15) is 21.7 Å². The van der Waals surface area contributed by atoms with Gasteiger partial charge in [-0.25, -0.2) is 9.97 Å². The van der Waals surface area contributed by atoms with Gasteiger partial charge in [0.15, 0.2) is 5.13 Å². The Morgan fingerprint density at radius 3 is 2.46 bits per heavy atom. The van der Waals surface area contributed by atoms with Crippen molar-refractivity contribution in [3.63, 3.8) is 0 Å². The van der Waals surface area contributed by atoms with E-state index in [2.05, 4.69) is 25.6 Å². The van der Waals surface area contributed by atoms with Crippen molar-refractivity contribution in [1.29, 1.82) is 0 Å². The maximum atomic E-state index is 12.5. The van der Waals surface area contributed by atoms with Crippen molar-refractivity contribution < 1.29 is 22.8 Å². The van der Waals surface area contributed by atoms with Crippen LogP contribution in [0.3, 0.4) is 0 Å². The van der Waals surface area contributed by atoms with Gasteiger partial charge in [-0.3, -0.25) is 19.9 Å². The third kappa shape index (κ3) is 5.10. The van der Waals surface area contributed by atoms with Gasteiger partial charge < -0.3 is 5.32 Å².